The average molecular weight is 363 g/mol. The third-order valence-corrected chi connectivity index (χ3v) is 4.43. The zero-order valence-corrected chi connectivity index (χ0v) is 13.9. The van der Waals surface area contributed by atoms with Gasteiger partial charge in [-0.2, -0.15) is 0 Å². The van der Waals surface area contributed by atoms with Gasteiger partial charge in [0.2, 0.25) is 5.85 Å². The molecule has 1 aliphatic heterocycles. The van der Waals surface area contributed by atoms with E-state index < -0.39 is 42.0 Å². The van der Waals surface area contributed by atoms with E-state index in [4.69, 9.17) is 4.74 Å². The lowest BCUT2D eigenvalue weighted by atomic mass is 10.1. The first-order valence-corrected chi connectivity index (χ1v) is 8.24. The number of benzene rings is 1. The van der Waals surface area contributed by atoms with Crippen molar-refractivity contribution >= 4 is 0 Å². The molecule has 0 unspecified atom stereocenters. The third-order valence-electron chi connectivity index (χ3n) is 4.43. The van der Waals surface area contributed by atoms with Crippen LogP contribution in [0, 0.1) is 0 Å². The van der Waals surface area contributed by atoms with Crippen LogP contribution >= 0.6 is 0 Å². The second-order valence-electron chi connectivity index (χ2n) is 6.11. The maximum Gasteiger partial charge on any atom is 0.331 e. The van der Waals surface area contributed by atoms with Crippen LogP contribution in [0.4, 0.5) is 0 Å². The number of ether oxygens (including phenoxy) is 1. The van der Waals surface area contributed by atoms with Crippen LogP contribution in [0.5, 0.6) is 0 Å². The van der Waals surface area contributed by atoms with E-state index >= 15 is 0 Å². The highest BCUT2D eigenvalue weighted by molar-refractivity contribution is 5.15. The van der Waals surface area contributed by atoms with Gasteiger partial charge in [0, 0.05) is 18.8 Å². The van der Waals surface area contributed by atoms with Crippen molar-refractivity contribution < 1.29 is 20.1 Å². The number of hydrogen-bond donors (Lipinski definition) is 5. The van der Waals surface area contributed by atoms with Crippen LogP contribution in [0.2, 0.25) is 0 Å². The van der Waals surface area contributed by atoms with Gasteiger partial charge in [0.15, 0.2) is 0 Å². The molecule has 140 valence electrons. The normalized spacial score (nSPS) is 28.3. The van der Waals surface area contributed by atoms with Gasteiger partial charge in [-0.25, -0.2) is 4.79 Å². The smallest absolute Gasteiger partial charge is 0.331 e. The molecule has 26 heavy (non-hydrogen) atoms. The summed E-state index contributed by atoms with van der Waals surface area (Å²) in [5.41, 5.74) is -0.386. The summed E-state index contributed by atoms with van der Waals surface area (Å²) in [6, 6.07) is 10.6. The first kappa shape index (κ1) is 18.5. The summed E-state index contributed by atoms with van der Waals surface area (Å²) in [7, 11) is 0. The van der Waals surface area contributed by atoms with Gasteiger partial charge in [-0.1, -0.05) is 30.3 Å². The molecule has 5 N–H and O–H groups in total. The number of rotatable bonds is 6. The third kappa shape index (κ3) is 3.35. The van der Waals surface area contributed by atoms with E-state index in [0.717, 1.165) is 16.2 Å². The summed E-state index contributed by atoms with van der Waals surface area (Å²) in [4.78, 5) is 25.7. The number of aromatic nitrogens is 2. The van der Waals surface area contributed by atoms with E-state index in [0.29, 0.717) is 13.0 Å². The minimum absolute atomic E-state index is 0.303. The van der Waals surface area contributed by atoms with Crippen LogP contribution in [-0.2, 0) is 17.0 Å². The Morgan fingerprint density at radius 1 is 1.19 bits per heavy atom. The predicted octanol–water partition coefficient (Wildman–Crippen LogP) is -1.91. The highest BCUT2D eigenvalue weighted by atomic mass is 16.6. The molecule has 4 atom stereocenters. The fraction of sp³-hybridized carbons (Fsp3) is 0.412. The molecular formula is C17H21N3O6. The molecule has 2 heterocycles. The highest BCUT2D eigenvalue weighted by Crippen LogP contribution is 2.32. The van der Waals surface area contributed by atoms with E-state index in [-0.39, 0.29) is 0 Å². The Morgan fingerprint density at radius 2 is 1.92 bits per heavy atom. The van der Waals surface area contributed by atoms with Gasteiger partial charge in [-0.3, -0.25) is 19.7 Å². The van der Waals surface area contributed by atoms with Gasteiger partial charge in [0.25, 0.3) is 5.56 Å². The fourth-order valence-corrected chi connectivity index (χ4v) is 3.09. The Morgan fingerprint density at radius 3 is 2.54 bits per heavy atom. The monoisotopic (exact) mass is 363 g/mol. The van der Waals surface area contributed by atoms with Crippen LogP contribution in [0.25, 0.3) is 0 Å². The predicted molar refractivity (Wildman–Crippen MR) is 91.4 cm³/mol. The summed E-state index contributed by atoms with van der Waals surface area (Å²) in [6.07, 6.45) is -2.31. The molecule has 9 nitrogen and oxygen atoms in total. The van der Waals surface area contributed by atoms with E-state index in [1.807, 2.05) is 30.3 Å². The molecule has 9 heteroatoms. The molecule has 0 amide bonds. The molecule has 0 spiro atoms. The Balaban J connectivity index is 1.92. The zero-order chi connectivity index (χ0) is 18.7. The minimum atomic E-state index is -1.82. The van der Waals surface area contributed by atoms with Gasteiger partial charge in [-0.15, -0.1) is 0 Å². The maximum atomic E-state index is 12.2. The largest absolute Gasteiger partial charge is 0.394 e. The molecule has 1 saturated heterocycles. The number of H-pyrrole nitrogens is 1. The first-order chi connectivity index (χ1) is 12.5. The van der Waals surface area contributed by atoms with Crippen molar-refractivity contribution in [2.45, 2.75) is 30.6 Å². The van der Waals surface area contributed by atoms with Crippen molar-refractivity contribution in [2.75, 3.05) is 13.2 Å². The summed E-state index contributed by atoms with van der Waals surface area (Å²) in [5.74, 6) is -1.82. The van der Waals surface area contributed by atoms with Crippen LogP contribution in [0.15, 0.2) is 52.2 Å². The zero-order valence-electron chi connectivity index (χ0n) is 13.9. The molecule has 1 aliphatic rings. The van der Waals surface area contributed by atoms with E-state index in [1.165, 1.54) is 6.20 Å². The maximum absolute atomic E-state index is 12.2. The summed E-state index contributed by atoms with van der Waals surface area (Å²) in [6.45, 7) is -0.240. The number of hydrogen-bond acceptors (Lipinski definition) is 7. The second-order valence-corrected chi connectivity index (χ2v) is 6.11. The molecule has 3 rings (SSSR count). The van der Waals surface area contributed by atoms with E-state index in [1.54, 1.807) is 0 Å². The lowest BCUT2D eigenvalue weighted by molar-refractivity contribution is -0.172. The molecule has 1 aromatic carbocycles. The lowest BCUT2D eigenvalue weighted by Gasteiger charge is -2.34. The fourth-order valence-electron chi connectivity index (χ4n) is 3.09. The summed E-state index contributed by atoms with van der Waals surface area (Å²) < 4.78 is 6.62. The Hall–Kier alpha value is -2.30. The van der Waals surface area contributed by atoms with Crippen molar-refractivity contribution in [3.05, 3.63) is 69.0 Å². The SMILES string of the molecule is O=c1ccn([C@]2(NCCc3ccccc3)O[C@H](CO)[C@@H](O)[C@H]2O)c(=O)[nH]1. The van der Waals surface area contributed by atoms with Crippen molar-refractivity contribution in [3.8, 4) is 0 Å². The number of nitrogens with one attached hydrogen (secondary N) is 2. The minimum Gasteiger partial charge on any atom is -0.394 e. The molecule has 0 bridgehead atoms. The van der Waals surface area contributed by atoms with E-state index in [9.17, 15) is 24.9 Å². The van der Waals surface area contributed by atoms with Crippen molar-refractivity contribution in [1.82, 2.24) is 14.9 Å². The van der Waals surface area contributed by atoms with Gasteiger partial charge in [-0.05, 0) is 12.0 Å². The Kier molecular flexibility index (Phi) is 5.35. The van der Waals surface area contributed by atoms with Gasteiger partial charge in [0.1, 0.15) is 18.3 Å². The van der Waals surface area contributed by atoms with Crippen LogP contribution in [-0.4, -0.2) is 56.3 Å². The average Bonchev–Trinajstić information content (AvgIpc) is 2.88. The summed E-state index contributed by atoms with van der Waals surface area (Å²) >= 11 is 0. The van der Waals surface area contributed by atoms with Crippen molar-refractivity contribution in [1.29, 1.82) is 0 Å². The number of aliphatic hydroxyl groups is 3. The highest BCUT2D eigenvalue weighted by Gasteiger charge is 2.55. The van der Waals surface area contributed by atoms with Crippen LogP contribution in [0.3, 0.4) is 0 Å². The van der Waals surface area contributed by atoms with Gasteiger partial charge in [0.05, 0.1) is 6.61 Å². The number of nitrogens with zero attached hydrogens (tertiary/aromatic N) is 1. The Labute approximate surface area is 148 Å². The Bertz CT molecular complexity index is 851. The number of aliphatic hydroxyl groups excluding tert-OH is 3. The van der Waals surface area contributed by atoms with Gasteiger partial charge < -0.3 is 20.1 Å². The quantitative estimate of drug-likeness (QED) is 0.404. The van der Waals surface area contributed by atoms with Crippen LogP contribution < -0.4 is 16.6 Å². The van der Waals surface area contributed by atoms with Crippen molar-refractivity contribution in [2.24, 2.45) is 0 Å². The molecule has 1 fully saturated rings. The molecule has 0 saturated carbocycles. The van der Waals surface area contributed by atoms with Crippen LogP contribution in [0.1, 0.15) is 5.56 Å². The molecule has 0 aliphatic carbocycles. The summed E-state index contributed by atoms with van der Waals surface area (Å²) in [5, 5.41) is 33.1. The first-order valence-electron chi connectivity index (χ1n) is 8.24. The molecule has 0 radical (unpaired) electrons. The lowest BCUT2D eigenvalue weighted by Crippen LogP contribution is -2.60. The molecule has 1 aromatic heterocycles. The topological polar surface area (TPSA) is 137 Å². The molecule has 2 aromatic rings. The molecular weight excluding hydrogens is 342 g/mol. The van der Waals surface area contributed by atoms with E-state index in [2.05, 4.69) is 10.3 Å². The standard InChI is InChI=1S/C17H21N3O6/c21-10-12-14(23)15(24)17(26-12,20-9-7-13(22)19-16(20)25)18-8-6-11-4-2-1-3-5-11/h1-5,7,9,12,14-15,18,21,23-24H,6,8,10H2,(H,19,22,25)/t12-,14-,15-,17+/m1/s1. The van der Waals surface area contributed by atoms with Gasteiger partial charge >= 0.3 is 5.69 Å². The number of aromatic amines is 1. The second kappa shape index (κ2) is 7.52. The van der Waals surface area contributed by atoms with Crippen molar-refractivity contribution in [3.63, 3.8) is 0 Å².